The van der Waals surface area contributed by atoms with Crippen LogP contribution in [0.15, 0.2) is 24.3 Å². The van der Waals surface area contributed by atoms with Crippen LogP contribution >= 0.6 is 0 Å². The first kappa shape index (κ1) is 14.1. The molecule has 1 aliphatic carbocycles. The van der Waals surface area contributed by atoms with Crippen LogP contribution in [-0.4, -0.2) is 19.2 Å². The molecule has 1 aromatic carbocycles. The third-order valence-electron chi connectivity index (χ3n) is 3.75. The summed E-state index contributed by atoms with van der Waals surface area (Å²) in [5.74, 6) is 0.481. The van der Waals surface area contributed by atoms with Gasteiger partial charge < -0.3 is 9.47 Å². The highest BCUT2D eigenvalue weighted by Gasteiger charge is 2.19. The molecule has 0 aromatic heterocycles. The van der Waals surface area contributed by atoms with Gasteiger partial charge in [-0.2, -0.15) is 0 Å². The minimum atomic E-state index is -0.298. The quantitative estimate of drug-likeness (QED) is 0.778. The number of hydrogen-bond donors (Lipinski definition) is 0. The fourth-order valence-corrected chi connectivity index (χ4v) is 2.60. The van der Waals surface area contributed by atoms with Gasteiger partial charge in [0.15, 0.2) is 0 Å². The zero-order valence-corrected chi connectivity index (χ0v) is 11.7. The average Bonchev–Trinajstić information content (AvgIpc) is 2.45. The molecule has 104 valence electrons. The van der Waals surface area contributed by atoms with E-state index in [4.69, 9.17) is 4.74 Å². The van der Waals surface area contributed by atoms with Gasteiger partial charge in [-0.05, 0) is 36.5 Å². The molecular formula is C16H22O3. The molecule has 2 atom stereocenters. The molecule has 1 fully saturated rings. The summed E-state index contributed by atoms with van der Waals surface area (Å²) in [6.07, 6.45) is 5.33. The standard InChI is InChI=1S/C16H22O3/c1-12-4-3-5-15(10-12)19-11-13-6-8-14(9-7-13)16(17)18-2/h6-9,12,15H,3-5,10-11H2,1-2H3. The normalized spacial score (nSPS) is 23.1. The van der Waals surface area contributed by atoms with E-state index in [0.29, 0.717) is 18.3 Å². The van der Waals surface area contributed by atoms with Crippen molar-refractivity contribution in [1.82, 2.24) is 0 Å². The number of methoxy groups -OCH3 is 1. The molecule has 0 N–H and O–H groups in total. The van der Waals surface area contributed by atoms with Gasteiger partial charge in [-0.3, -0.25) is 0 Å². The van der Waals surface area contributed by atoms with Crippen molar-refractivity contribution in [2.75, 3.05) is 7.11 Å². The van der Waals surface area contributed by atoms with Gasteiger partial charge in [-0.1, -0.05) is 31.9 Å². The van der Waals surface area contributed by atoms with Gasteiger partial charge in [0.25, 0.3) is 0 Å². The Balaban J connectivity index is 1.84. The molecule has 1 aromatic rings. The molecule has 0 saturated heterocycles. The highest BCUT2D eigenvalue weighted by atomic mass is 16.5. The number of hydrogen-bond acceptors (Lipinski definition) is 3. The molecule has 0 aliphatic heterocycles. The van der Waals surface area contributed by atoms with E-state index in [1.54, 1.807) is 12.1 Å². The minimum absolute atomic E-state index is 0.298. The monoisotopic (exact) mass is 262 g/mol. The summed E-state index contributed by atoms with van der Waals surface area (Å²) < 4.78 is 10.6. The van der Waals surface area contributed by atoms with Crippen LogP contribution < -0.4 is 0 Å². The van der Waals surface area contributed by atoms with Gasteiger partial charge in [0.05, 0.1) is 25.4 Å². The highest BCUT2D eigenvalue weighted by Crippen LogP contribution is 2.26. The summed E-state index contributed by atoms with van der Waals surface area (Å²) in [5, 5.41) is 0. The van der Waals surface area contributed by atoms with Crippen LogP contribution in [0.1, 0.15) is 48.5 Å². The van der Waals surface area contributed by atoms with Crippen molar-refractivity contribution in [2.24, 2.45) is 5.92 Å². The summed E-state index contributed by atoms with van der Waals surface area (Å²) >= 11 is 0. The van der Waals surface area contributed by atoms with E-state index in [2.05, 4.69) is 11.7 Å². The largest absolute Gasteiger partial charge is 0.465 e. The van der Waals surface area contributed by atoms with Gasteiger partial charge in [0.2, 0.25) is 0 Å². The molecule has 2 unspecified atom stereocenters. The minimum Gasteiger partial charge on any atom is -0.465 e. The second kappa shape index (κ2) is 6.71. The van der Waals surface area contributed by atoms with Crippen molar-refractivity contribution in [3.63, 3.8) is 0 Å². The van der Waals surface area contributed by atoms with Crippen molar-refractivity contribution in [2.45, 2.75) is 45.3 Å². The number of carbonyl (C=O) groups is 1. The third-order valence-corrected chi connectivity index (χ3v) is 3.75. The highest BCUT2D eigenvalue weighted by molar-refractivity contribution is 5.89. The van der Waals surface area contributed by atoms with Crippen molar-refractivity contribution >= 4 is 5.97 Å². The average molecular weight is 262 g/mol. The van der Waals surface area contributed by atoms with Crippen LogP contribution in [0.2, 0.25) is 0 Å². The maximum atomic E-state index is 11.3. The molecule has 19 heavy (non-hydrogen) atoms. The Morgan fingerprint density at radius 2 is 2.00 bits per heavy atom. The third kappa shape index (κ3) is 4.06. The molecule has 0 amide bonds. The first-order valence-corrected chi connectivity index (χ1v) is 6.98. The fraction of sp³-hybridized carbons (Fsp3) is 0.562. The van der Waals surface area contributed by atoms with Crippen LogP contribution in [0.3, 0.4) is 0 Å². The molecule has 0 spiro atoms. The maximum Gasteiger partial charge on any atom is 0.337 e. The van der Waals surface area contributed by atoms with Gasteiger partial charge in [0.1, 0.15) is 0 Å². The first-order chi connectivity index (χ1) is 9.19. The number of rotatable bonds is 4. The molecule has 1 saturated carbocycles. The van der Waals surface area contributed by atoms with E-state index in [9.17, 15) is 4.79 Å². The Labute approximate surface area is 114 Å². The van der Waals surface area contributed by atoms with Crippen molar-refractivity contribution in [3.05, 3.63) is 35.4 Å². The summed E-state index contributed by atoms with van der Waals surface area (Å²) in [7, 11) is 1.39. The van der Waals surface area contributed by atoms with E-state index < -0.39 is 0 Å². The van der Waals surface area contributed by atoms with Crippen LogP contribution in [0.25, 0.3) is 0 Å². The van der Waals surface area contributed by atoms with Gasteiger partial charge in [0, 0.05) is 0 Å². The van der Waals surface area contributed by atoms with Crippen molar-refractivity contribution < 1.29 is 14.3 Å². The second-order valence-electron chi connectivity index (χ2n) is 5.39. The molecule has 0 radical (unpaired) electrons. The molecule has 3 heteroatoms. The number of benzene rings is 1. The Morgan fingerprint density at radius 3 is 2.63 bits per heavy atom. The SMILES string of the molecule is COC(=O)c1ccc(COC2CCCC(C)C2)cc1. The summed E-state index contributed by atoms with van der Waals surface area (Å²) in [6, 6.07) is 7.43. The topological polar surface area (TPSA) is 35.5 Å². The van der Waals surface area contributed by atoms with Gasteiger partial charge in [-0.15, -0.1) is 0 Å². The Hall–Kier alpha value is -1.35. The van der Waals surface area contributed by atoms with E-state index in [0.717, 1.165) is 11.5 Å². The number of carbonyl (C=O) groups excluding carboxylic acids is 1. The van der Waals surface area contributed by atoms with Crippen molar-refractivity contribution in [3.8, 4) is 0 Å². The molecule has 0 bridgehead atoms. The van der Waals surface area contributed by atoms with Crippen LogP contribution in [0.4, 0.5) is 0 Å². The van der Waals surface area contributed by atoms with Gasteiger partial charge >= 0.3 is 5.97 Å². The molecule has 3 nitrogen and oxygen atoms in total. The van der Waals surface area contributed by atoms with E-state index in [1.807, 2.05) is 12.1 Å². The van der Waals surface area contributed by atoms with Crippen LogP contribution in [-0.2, 0) is 16.1 Å². The van der Waals surface area contributed by atoms with E-state index in [1.165, 1.54) is 32.8 Å². The fourth-order valence-electron chi connectivity index (χ4n) is 2.60. The predicted molar refractivity (Wildman–Crippen MR) is 74.0 cm³/mol. The summed E-state index contributed by atoms with van der Waals surface area (Å²) in [5.41, 5.74) is 1.68. The molecule has 0 heterocycles. The lowest BCUT2D eigenvalue weighted by Gasteiger charge is -2.26. The predicted octanol–water partition coefficient (Wildman–Crippen LogP) is 3.57. The molecule has 2 rings (SSSR count). The number of esters is 1. The summed E-state index contributed by atoms with van der Waals surface area (Å²) in [6.45, 7) is 2.92. The lowest BCUT2D eigenvalue weighted by Crippen LogP contribution is -2.21. The van der Waals surface area contributed by atoms with Crippen LogP contribution in [0, 0.1) is 5.92 Å². The Bertz CT molecular complexity index is 411. The maximum absolute atomic E-state index is 11.3. The molecular weight excluding hydrogens is 240 g/mol. The second-order valence-corrected chi connectivity index (χ2v) is 5.39. The summed E-state index contributed by atoms with van der Waals surface area (Å²) in [4.78, 5) is 11.3. The number of ether oxygens (including phenoxy) is 2. The molecule has 1 aliphatic rings. The Morgan fingerprint density at radius 1 is 1.26 bits per heavy atom. The lowest BCUT2D eigenvalue weighted by molar-refractivity contribution is 0.00465. The Kier molecular flexibility index (Phi) is 4.97. The van der Waals surface area contributed by atoms with Crippen molar-refractivity contribution in [1.29, 1.82) is 0 Å². The zero-order chi connectivity index (χ0) is 13.7. The van der Waals surface area contributed by atoms with Crippen LogP contribution in [0.5, 0.6) is 0 Å². The first-order valence-electron chi connectivity index (χ1n) is 6.98. The van der Waals surface area contributed by atoms with E-state index >= 15 is 0 Å². The zero-order valence-electron chi connectivity index (χ0n) is 11.7. The van der Waals surface area contributed by atoms with Gasteiger partial charge in [-0.25, -0.2) is 4.79 Å². The smallest absolute Gasteiger partial charge is 0.337 e. The van der Waals surface area contributed by atoms with E-state index in [-0.39, 0.29) is 5.97 Å². The lowest BCUT2D eigenvalue weighted by atomic mass is 9.89.